The number of carbonyl (C=O) groups is 1. The van der Waals surface area contributed by atoms with Gasteiger partial charge in [-0.05, 0) is 24.8 Å². The molecule has 1 aromatic rings. The summed E-state index contributed by atoms with van der Waals surface area (Å²) in [6, 6.07) is 8.71. The lowest BCUT2D eigenvalue weighted by Crippen LogP contribution is -2.42. The van der Waals surface area contributed by atoms with E-state index in [-0.39, 0.29) is 6.04 Å². The average molecular weight is 248 g/mol. The summed E-state index contributed by atoms with van der Waals surface area (Å²) in [4.78, 5) is 22.3. The van der Waals surface area contributed by atoms with Crippen LogP contribution in [-0.4, -0.2) is 28.7 Å². The summed E-state index contributed by atoms with van der Waals surface area (Å²) < 4.78 is 0. The van der Waals surface area contributed by atoms with Crippen LogP contribution in [0.15, 0.2) is 35.6 Å². The smallest absolute Gasteiger partial charge is 0.313 e. The molecule has 2 unspecified atom stereocenters. The number of nitroso groups, excluding NO2 is 1. The molecular weight excluding hydrogens is 232 g/mol. The standard InChI is InChI=1S/C13H16N2O3/c16-13(17)12(10-6-2-1-3-7-10)11-8-4-5-9-15(11)14-18/h1-3,6-7,11-12H,4-5,8-9H2,(H,16,17). The highest BCUT2D eigenvalue weighted by molar-refractivity contribution is 5.77. The number of carboxylic acid groups (broad SMARTS) is 1. The van der Waals surface area contributed by atoms with Gasteiger partial charge in [0.25, 0.3) is 0 Å². The first-order valence-electron chi connectivity index (χ1n) is 6.11. The first-order chi connectivity index (χ1) is 8.74. The first-order valence-corrected chi connectivity index (χ1v) is 6.11. The summed E-state index contributed by atoms with van der Waals surface area (Å²) in [6.45, 7) is 0.546. The van der Waals surface area contributed by atoms with Crippen molar-refractivity contribution in [3.63, 3.8) is 0 Å². The van der Waals surface area contributed by atoms with Crippen molar-refractivity contribution in [1.29, 1.82) is 0 Å². The lowest BCUT2D eigenvalue weighted by molar-refractivity contribution is -0.141. The van der Waals surface area contributed by atoms with Gasteiger partial charge in [-0.1, -0.05) is 30.3 Å². The van der Waals surface area contributed by atoms with Crippen molar-refractivity contribution >= 4 is 5.97 Å². The zero-order valence-electron chi connectivity index (χ0n) is 10.0. The Morgan fingerprint density at radius 1 is 1.33 bits per heavy atom. The molecule has 2 atom stereocenters. The molecule has 1 N–H and O–H groups in total. The Kier molecular flexibility index (Phi) is 3.92. The van der Waals surface area contributed by atoms with Gasteiger partial charge in [0.2, 0.25) is 0 Å². The molecule has 2 rings (SSSR count). The molecule has 0 amide bonds. The van der Waals surface area contributed by atoms with Gasteiger partial charge in [0.15, 0.2) is 0 Å². The molecule has 0 spiro atoms. The number of nitrogens with zero attached hydrogens (tertiary/aromatic N) is 2. The van der Waals surface area contributed by atoms with E-state index >= 15 is 0 Å². The molecule has 5 nitrogen and oxygen atoms in total. The quantitative estimate of drug-likeness (QED) is 0.830. The average Bonchev–Trinajstić information content (AvgIpc) is 2.40. The van der Waals surface area contributed by atoms with Crippen LogP contribution in [0.4, 0.5) is 0 Å². The molecule has 0 saturated carbocycles. The van der Waals surface area contributed by atoms with Crippen LogP contribution in [0.2, 0.25) is 0 Å². The van der Waals surface area contributed by atoms with Gasteiger partial charge in [-0.2, -0.15) is 0 Å². The number of carboxylic acids is 1. The van der Waals surface area contributed by atoms with Crippen molar-refractivity contribution in [2.24, 2.45) is 5.29 Å². The molecule has 1 heterocycles. The SMILES string of the molecule is O=NN1CCCCC1C(C(=O)O)c1ccccc1. The van der Waals surface area contributed by atoms with Crippen molar-refractivity contribution in [1.82, 2.24) is 5.01 Å². The molecule has 1 aromatic carbocycles. The van der Waals surface area contributed by atoms with Gasteiger partial charge in [-0.25, -0.2) is 0 Å². The Morgan fingerprint density at radius 2 is 2.06 bits per heavy atom. The van der Waals surface area contributed by atoms with Gasteiger partial charge in [-0.3, -0.25) is 9.80 Å². The maximum absolute atomic E-state index is 11.5. The zero-order chi connectivity index (χ0) is 13.0. The van der Waals surface area contributed by atoms with Crippen molar-refractivity contribution < 1.29 is 9.90 Å². The van der Waals surface area contributed by atoms with Crippen LogP contribution in [0.3, 0.4) is 0 Å². The van der Waals surface area contributed by atoms with Crippen LogP contribution in [-0.2, 0) is 4.79 Å². The predicted molar refractivity (Wildman–Crippen MR) is 67.0 cm³/mol. The molecule has 96 valence electrons. The second-order valence-electron chi connectivity index (χ2n) is 4.53. The lowest BCUT2D eigenvalue weighted by Gasteiger charge is -2.34. The number of aliphatic carboxylic acids is 1. The number of hydrogen-bond acceptors (Lipinski definition) is 3. The fourth-order valence-electron chi connectivity index (χ4n) is 2.57. The van der Waals surface area contributed by atoms with Gasteiger partial charge in [0, 0.05) is 6.54 Å². The van der Waals surface area contributed by atoms with E-state index in [4.69, 9.17) is 0 Å². The van der Waals surface area contributed by atoms with Crippen LogP contribution in [0.5, 0.6) is 0 Å². The van der Waals surface area contributed by atoms with Gasteiger partial charge in [0.1, 0.15) is 5.92 Å². The number of hydrogen-bond donors (Lipinski definition) is 1. The summed E-state index contributed by atoms with van der Waals surface area (Å²) >= 11 is 0. The van der Waals surface area contributed by atoms with Crippen molar-refractivity contribution in [2.75, 3.05) is 6.54 Å². The van der Waals surface area contributed by atoms with Crippen LogP contribution in [0, 0.1) is 4.91 Å². The van der Waals surface area contributed by atoms with Crippen LogP contribution in [0.1, 0.15) is 30.7 Å². The predicted octanol–water partition coefficient (Wildman–Crippen LogP) is 2.39. The third kappa shape index (κ3) is 2.50. The van der Waals surface area contributed by atoms with Crippen LogP contribution in [0.25, 0.3) is 0 Å². The number of piperidine rings is 1. The normalized spacial score (nSPS) is 21.3. The third-order valence-corrected chi connectivity index (χ3v) is 3.43. The highest BCUT2D eigenvalue weighted by atomic mass is 16.4. The third-order valence-electron chi connectivity index (χ3n) is 3.43. The van der Waals surface area contributed by atoms with E-state index in [0.717, 1.165) is 18.4 Å². The Bertz CT molecular complexity index is 422. The van der Waals surface area contributed by atoms with E-state index in [1.54, 1.807) is 12.1 Å². The second-order valence-corrected chi connectivity index (χ2v) is 4.53. The second kappa shape index (κ2) is 5.62. The fraction of sp³-hybridized carbons (Fsp3) is 0.462. The van der Waals surface area contributed by atoms with E-state index < -0.39 is 11.9 Å². The van der Waals surface area contributed by atoms with E-state index in [2.05, 4.69) is 5.29 Å². The molecule has 1 saturated heterocycles. The largest absolute Gasteiger partial charge is 0.481 e. The molecule has 1 aliphatic rings. The molecule has 0 bridgehead atoms. The topological polar surface area (TPSA) is 70.0 Å². The minimum atomic E-state index is -0.901. The Morgan fingerprint density at radius 3 is 2.67 bits per heavy atom. The first kappa shape index (κ1) is 12.5. The molecule has 0 aromatic heterocycles. The number of benzene rings is 1. The molecule has 0 radical (unpaired) electrons. The van der Waals surface area contributed by atoms with Crippen LogP contribution >= 0.6 is 0 Å². The van der Waals surface area contributed by atoms with E-state index in [0.29, 0.717) is 13.0 Å². The summed E-state index contributed by atoms with van der Waals surface area (Å²) in [7, 11) is 0. The maximum Gasteiger partial charge on any atom is 0.313 e. The Hall–Kier alpha value is -1.91. The lowest BCUT2D eigenvalue weighted by atomic mass is 9.86. The van der Waals surface area contributed by atoms with Gasteiger partial charge < -0.3 is 5.11 Å². The van der Waals surface area contributed by atoms with Crippen molar-refractivity contribution in [3.05, 3.63) is 40.8 Å². The van der Waals surface area contributed by atoms with Gasteiger partial charge in [0.05, 0.1) is 11.3 Å². The van der Waals surface area contributed by atoms with E-state index in [1.165, 1.54) is 5.01 Å². The summed E-state index contributed by atoms with van der Waals surface area (Å²) in [5.74, 6) is -1.59. The van der Waals surface area contributed by atoms with E-state index in [1.807, 2.05) is 18.2 Å². The molecular formula is C13H16N2O3. The zero-order valence-corrected chi connectivity index (χ0v) is 10.0. The van der Waals surface area contributed by atoms with Crippen molar-refractivity contribution in [2.45, 2.75) is 31.2 Å². The van der Waals surface area contributed by atoms with Gasteiger partial charge in [-0.15, -0.1) is 4.91 Å². The van der Waals surface area contributed by atoms with Crippen LogP contribution < -0.4 is 0 Å². The molecule has 1 aliphatic heterocycles. The molecule has 5 heteroatoms. The number of rotatable bonds is 4. The molecule has 0 aliphatic carbocycles. The summed E-state index contributed by atoms with van der Waals surface area (Å²) in [5.41, 5.74) is 0.727. The highest BCUT2D eigenvalue weighted by Crippen LogP contribution is 2.30. The minimum absolute atomic E-state index is 0.337. The fourth-order valence-corrected chi connectivity index (χ4v) is 2.57. The van der Waals surface area contributed by atoms with E-state index in [9.17, 15) is 14.8 Å². The minimum Gasteiger partial charge on any atom is -0.481 e. The highest BCUT2D eigenvalue weighted by Gasteiger charge is 2.35. The molecule has 1 fully saturated rings. The molecule has 18 heavy (non-hydrogen) atoms. The summed E-state index contributed by atoms with van der Waals surface area (Å²) in [5, 5.41) is 13.8. The summed E-state index contributed by atoms with van der Waals surface area (Å²) in [6.07, 6.45) is 2.52. The van der Waals surface area contributed by atoms with Crippen molar-refractivity contribution in [3.8, 4) is 0 Å². The van der Waals surface area contributed by atoms with Gasteiger partial charge >= 0.3 is 5.97 Å². The Balaban J connectivity index is 2.29. The monoisotopic (exact) mass is 248 g/mol. The Labute approximate surface area is 105 Å². The maximum atomic E-state index is 11.5.